The number of nitro groups is 1. The Kier molecular flexibility index (Phi) is 4.09. The van der Waals surface area contributed by atoms with E-state index < -0.39 is 10.7 Å². The lowest BCUT2D eigenvalue weighted by Crippen LogP contribution is -2.24. The van der Waals surface area contributed by atoms with Gasteiger partial charge in [-0.25, -0.2) is 4.39 Å². The third-order valence-electron chi connectivity index (χ3n) is 3.01. The Morgan fingerprint density at radius 3 is 3.06 bits per heavy atom. The molecule has 0 aromatic heterocycles. The number of anilines is 1. The zero-order chi connectivity index (χ0) is 13.0. The average molecular weight is 254 g/mol. The quantitative estimate of drug-likeness (QED) is 0.662. The summed E-state index contributed by atoms with van der Waals surface area (Å²) in [5.74, 6) is -0.320. The van der Waals surface area contributed by atoms with Crippen molar-refractivity contribution in [1.29, 1.82) is 0 Å². The second-order valence-electron chi connectivity index (χ2n) is 4.36. The van der Waals surface area contributed by atoms with Gasteiger partial charge in [0.05, 0.1) is 11.5 Å². The van der Waals surface area contributed by atoms with E-state index in [2.05, 4.69) is 5.32 Å². The molecule has 5 nitrogen and oxygen atoms in total. The largest absolute Gasteiger partial charge is 0.381 e. The number of hydrogen-bond acceptors (Lipinski definition) is 4. The molecule has 1 aliphatic rings. The molecule has 0 bridgehead atoms. The van der Waals surface area contributed by atoms with Crippen LogP contribution in [-0.4, -0.2) is 24.7 Å². The molecule has 1 aromatic carbocycles. The molecule has 0 radical (unpaired) electrons. The topological polar surface area (TPSA) is 64.4 Å². The Hall–Kier alpha value is -1.69. The van der Waals surface area contributed by atoms with Gasteiger partial charge in [-0.1, -0.05) is 6.07 Å². The third kappa shape index (κ3) is 2.95. The number of halogens is 1. The van der Waals surface area contributed by atoms with E-state index in [4.69, 9.17) is 4.74 Å². The minimum Gasteiger partial charge on any atom is -0.381 e. The molecule has 0 aliphatic carbocycles. The molecule has 1 heterocycles. The minimum atomic E-state index is -0.596. The molecule has 0 amide bonds. The maximum atomic E-state index is 13.6. The second-order valence-corrected chi connectivity index (χ2v) is 4.36. The van der Waals surface area contributed by atoms with Gasteiger partial charge in [-0.05, 0) is 24.8 Å². The van der Waals surface area contributed by atoms with E-state index in [0.29, 0.717) is 13.2 Å². The van der Waals surface area contributed by atoms with Gasteiger partial charge in [-0.3, -0.25) is 10.1 Å². The van der Waals surface area contributed by atoms with Crippen molar-refractivity contribution in [3.8, 4) is 0 Å². The van der Waals surface area contributed by atoms with Crippen LogP contribution in [0, 0.1) is 21.8 Å². The molecule has 18 heavy (non-hydrogen) atoms. The number of nitrogens with zero attached hydrogens (tertiary/aromatic N) is 1. The fourth-order valence-corrected chi connectivity index (χ4v) is 2.05. The molecule has 1 unspecified atom stereocenters. The van der Waals surface area contributed by atoms with Gasteiger partial charge in [0.1, 0.15) is 5.69 Å². The first-order chi connectivity index (χ1) is 8.68. The predicted octanol–water partition coefficient (Wildman–Crippen LogP) is 2.57. The van der Waals surface area contributed by atoms with Crippen LogP contribution in [0.3, 0.4) is 0 Å². The molecule has 6 heteroatoms. The van der Waals surface area contributed by atoms with E-state index in [1.807, 2.05) is 0 Å². The fourth-order valence-electron chi connectivity index (χ4n) is 2.05. The highest BCUT2D eigenvalue weighted by atomic mass is 19.1. The van der Waals surface area contributed by atoms with Gasteiger partial charge in [0.15, 0.2) is 5.82 Å². The van der Waals surface area contributed by atoms with Crippen molar-refractivity contribution in [3.63, 3.8) is 0 Å². The molecule has 1 fully saturated rings. The summed E-state index contributed by atoms with van der Waals surface area (Å²) in [6.45, 7) is 1.87. The van der Waals surface area contributed by atoms with Gasteiger partial charge in [0.2, 0.25) is 0 Å². The van der Waals surface area contributed by atoms with Crippen molar-refractivity contribution in [3.05, 3.63) is 34.1 Å². The lowest BCUT2D eigenvalue weighted by atomic mass is 10.0. The molecular weight excluding hydrogens is 239 g/mol. The van der Waals surface area contributed by atoms with Gasteiger partial charge in [0.25, 0.3) is 5.69 Å². The smallest absolute Gasteiger partial charge is 0.295 e. The Bertz CT molecular complexity index is 433. The van der Waals surface area contributed by atoms with E-state index in [1.54, 1.807) is 0 Å². The molecule has 0 saturated carbocycles. The molecule has 1 atom stereocenters. The van der Waals surface area contributed by atoms with Crippen molar-refractivity contribution in [2.75, 3.05) is 25.1 Å². The fraction of sp³-hybridized carbons (Fsp3) is 0.500. The number of benzene rings is 1. The normalized spacial score (nSPS) is 19.5. The summed E-state index contributed by atoms with van der Waals surface area (Å²) in [6.07, 6.45) is 1.97. The summed E-state index contributed by atoms with van der Waals surface area (Å²) in [6, 6.07) is 3.85. The Morgan fingerprint density at radius 2 is 2.39 bits per heavy atom. The highest BCUT2D eigenvalue weighted by Crippen LogP contribution is 2.27. The first-order valence-corrected chi connectivity index (χ1v) is 5.93. The van der Waals surface area contributed by atoms with Gasteiger partial charge in [-0.15, -0.1) is 0 Å². The van der Waals surface area contributed by atoms with Crippen LogP contribution >= 0.6 is 0 Å². The van der Waals surface area contributed by atoms with E-state index in [0.717, 1.165) is 19.4 Å². The number of para-hydroxylation sites is 1. The van der Waals surface area contributed by atoms with Gasteiger partial charge >= 0.3 is 0 Å². The predicted molar refractivity (Wildman–Crippen MR) is 65.1 cm³/mol. The molecule has 0 spiro atoms. The van der Waals surface area contributed by atoms with Crippen LogP contribution in [-0.2, 0) is 4.74 Å². The van der Waals surface area contributed by atoms with Gasteiger partial charge < -0.3 is 10.1 Å². The van der Waals surface area contributed by atoms with E-state index in [1.165, 1.54) is 18.2 Å². The van der Waals surface area contributed by atoms with Gasteiger partial charge in [0, 0.05) is 19.2 Å². The SMILES string of the molecule is O=[N+]([O-])c1cccc(F)c1NCC1CCCOC1. The molecular formula is C12H15FN2O3. The van der Waals surface area contributed by atoms with Crippen LogP contribution in [0.2, 0.25) is 0 Å². The summed E-state index contributed by atoms with van der Waals surface area (Å²) < 4.78 is 18.9. The van der Waals surface area contributed by atoms with Crippen LogP contribution in [0.1, 0.15) is 12.8 Å². The van der Waals surface area contributed by atoms with Gasteiger partial charge in [-0.2, -0.15) is 0 Å². The molecule has 1 N–H and O–H groups in total. The Labute approximate surface area is 104 Å². The number of nitro benzene ring substituents is 1. The zero-order valence-corrected chi connectivity index (χ0v) is 9.89. The van der Waals surface area contributed by atoms with Crippen molar-refractivity contribution < 1.29 is 14.1 Å². The summed E-state index contributed by atoms with van der Waals surface area (Å²) in [5.41, 5.74) is -0.264. The summed E-state index contributed by atoms with van der Waals surface area (Å²) in [4.78, 5) is 10.2. The Morgan fingerprint density at radius 1 is 1.56 bits per heavy atom. The lowest BCUT2D eigenvalue weighted by molar-refractivity contribution is -0.384. The highest BCUT2D eigenvalue weighted by Gasteiger charge is 2.20. The van der Waals surface area contributed by atoms with Crippen LogP contribution < -0.4 is 5.32 Å². The monoisotopic (exact) mass is 254 g/mol. The summed E-state index contributed by atoms with van der Waals surface area (Å²) in [5, 5.41) is 13.6. The maximum absolute atomic E-state index is 13.6. The average Bonchev–Trinajstić information content (AvgIpc) is 2.38. The van der Waals surface area contributed by atoms with Crippen LogP contribution in [0.4, 0.5) is 15.8 Å². The van der Waals surface area contributed by atoms with Crippen LogP contribution in [0.5, 0.6) is 0 Å². The first-order valence-electron chi connectivity index (χ1n) is 5.93. The minimum absolute atomic E-state index is 0.0342. The summed E-state index contributed by atoms with van der Waals surface area (Å²) in [7, 11) is 0. The molecule has 98 valence electrons. The van der Waals surface area contributed by atoms with Crippen LogP contribution in [0.25, 0.3) is 0 Å². The van der Waals surface area contributed by atoms with E-state index >= 15 is 0 Å². The van der Waals surface area contributed by atoms with Crippen molar-refractivity contribution in [2.45, 2.75) is 12.8 Å². The molecule has 1 saturated heterocycles. The molecule has 1 aliphatic heterocycles. The van der Waals surface area contributed by atoms with E-state index in [-0.39, 0.29) is 17.3 Å². The third-order valence-corrected chi connectivity index (χ3v) is 3.01. The molecule has 1 aromatic rings. The number of ether oxygens (including phenoxy) is 1. The van der Waals surface area contributed by atoms with Crippen molar-refractivity contribution in [1.82, 2.24) is 0 Å². The number of nitrogens with one attached hydrogen (secondary N) is 1. The summed E-state index contributed by atoms with van der Waals surface area (Å²) >= 11 is 0. The number of rotatable bonds is 4. The van der Waals surface area contributed by atoms with Crippen molar-refractivity contribution in [2.24, 2.45) is 5.92 Å². The second kappa shape index (κ2) is 5.77. The lowest BCUT2D eigenvalue weighted by Gasteiger charge is -2.22. The Balaban J connectivity index is 2.05. The standard InChI is InChI=1S/C12H15FN2O3/c13-10-4-1-5-11(15(16)17)12(10)14-7-9-3-2-6-18-8-9/h1,4-5,9,14H,2-3,6-8H2. The van der Waals surface area contributed by atoms with Crippen molar-refractivity contribution >= 4 is 11.4 Å². The maximum Gasteiger partial charge on any atom is 0.295 e. The highest BCUT2D eigenvalue weighted by molar-refractivity contribution is 5.62. The van der Waals surface area contributed by atoms with E-state index in [9.17, 15) is 14.5 Å². The first kappa shape index (κ1) is 12.8. The van der Waals surface area contributed by atoms with Crippen LogP contribution in [0.15, 0.2) is 18.2 Å². The molecule has 2 rings (SSSR count). The zero-order valence-electron chi connectivity index (χ0n) is 9.89. The number of hydrogen-bond donors (Lipinski definition) is 1.